The Bertz CT molecular complexity index is 1140. The molecule has 5 aromatic rings. The average Bonchev–Trinajstić information content (AvgIpc) is 3.03. The minimum atomic E-state index is 1.02. The van der Waals surface area contributed by atoms with Crippen LogP contribution in [0.3, 0.4) is 0 Å². The van der Waals surface area contributed by atoms with Crippen molar-refractivity contribution in [3.63, 3.8) is 0 Å². The number of fused-ring (bicyclic) bond motifs is 7. The summed E-state index contributed by atoms with van der Waals surface area (Å²) in [7, 11) is 0. The fraction of sp³-hybridized carbons (Fsp3) is 0. The minimum absolute atomic E-state index is 1.02. The molecule has 0 saturated heterocycles. The van der Waals surface area contributed by atoms with E-state index in [0.717, 1.165) is 21.9 Å². The van der Waals surface area contributed by atoms with E-state index in [1.165, 1.54) is 21.5 Å². The van der Waals surface area contributed by atoms with E-state index in [2.05, 4.69) is 57.4 Å². The first-order valence-electron chi connectivity index (χ1n) is 6.94. The normalized spacial score (nSPS) is 11.8. The van der Waals surface area contributed by atoms with Crippen LogP contribution in [0.5, 0.6) is 0 Å². The van der Waals surface area contributed by atoms with Crippen LogP contribution < -0.4 is 0 Å². The molecule has 2 heterocycles. The van der Waals surface area contributed by atoms with Gasteiger partial charge in [-0.15, -0.1) is 0 Å². The van der Waals surface area contributed by atoms with Gasteiger partial charge in [-0.25, -0.2) is 4.98 Å². The Morgan fingerprint density at radius 3 is 2.67 bits per heavy atom. The molecule has 2 aromatic heterocycles. The third kappa shape index (κ3) is 1.37. The van der Waals surface area contributed by atoms with Gasteiger partial charge >= 0.3 is 0 Å². The van der Waals surface area contributed by atoms with E-state index >= 15 is 0 Å². The Kier molecular flexibility index (Phi) is 1.95. The molecular formula is C18H11N3. The summed E-state index contributed by atoms with van der Waals surface area (Å²) in [5.74, 6) is 0. The van der Waals surface area contributed by atoms with E-state index in [1.807, 2.05) is 12.3 Å². The van der Waals surface area contributed by atoms with Crippen molar-refractivity contribution in [2.75, 3.05) is 0 Å². The summed E-state index contributed by atoms with van der Waals surface area (Å²) in [6, 6.07) is 16.8. The maximum atomic E-state index is 4.55. The lowest BCUT2D eigenvalue weighted by Crippen LogP contribution is -1.84. The van der Waals surface area contributed by atoms with Gasteiger partial charge in [0.15, 0.2) is 0 Å². The van der Waals surface area contributed by atoms with Crippen LogP contribution >= 0.6 is 0 Å². The number of para-hydroxylation sites is 1. The van der Waals surface area contributed by atoms with Crippen LogP contribution in [-0.2, 0) is 0 Å². The lowest BCUT2D eigenvalue weighted by atomic mass is 9.99. The molecule has 0 aliphatic rings. The summed E-state index contributed by atoms with van der Waals surface area (Å²) in [6.45, 7) is 0. The highest BCUT2D eigenvalue weighted by Crippen LogP contribution is 2.33. The molecule has 0 amide bonds. The van der Waals surface area contributed by atoms with Gasteiger partial charge in [-0.2, -0.15) is 0 Å². The molecular weight excluding hydrogens is 258 g/mol. The van der Waals surface area contributed by atoms with E-state index < -0.39 is 0 Å². The van der Waals surface area contributed by atoms with Gasteiger partial charge in [0.1, 0.15) is 0 Å². The summed E-state index contributed by atoms with van der Waals surface area (Å²) >= 11 is 0. The Balaban J connectivity index is 2.14. The fourth-order valence-electron chi connectivity index (χ4n) is 3.17. The fourth-order valence-corrected chi connectivity index (χ4v) is 3.17. The second-order valence-corrected chi connectivity index (χ2v) is 5.26. The second kappa shape index (κ2) is 3.79. The van der Waals surface area contributed by atoms with Crippen LogP contribution in [0.4, 0.5) is 0 Å². The Labute approximate surface area is 120 Å². The smallest absolute Gasteiger partial charge is 0.0961 e. The van der Waals surface area contributed by atoms with E-state index in [-0.39, 0.29) is 0 Å². The monoisotopic (exact) mass is 269 g/mol. The van der Waals surface area contributed by atoms with Crippen molar-refractivity contribution in [2.24, 2.45) is 0 Å². The van der Waals surface area contributed by atoms with Crippen LogP contribution in [0, 0.1) is 0 Å². The number of nitrogens with zero attached hydrogens (tertiary/aromatic N) is 2. The zero-order chi connectivity index (χ0) is 13.8. The zero-order valence-electron chi connectivity index (χ0n) is 11.2. The first-order chi connectivity index (χ1) is 10.4. The van der Waals surface area contributed by atoms with Crippen LogP contribution in [-0.4, -0.2) is 15.0 Å². The second-order valence-electron chi connectivity index (χ2n) is 5.26. The minimum Gasteiger partial charge on any atom is -0.345 e. The van der Waals surface area contributed by atoms with Crippen molar-refractivity contribution in [3.05, 3.63) is 61.1 Å². The van der Waals surface area contributed by atoms with Crippen molar-refractivity contribution >= 4 is 43.5 Å². The van der Waals surface area contributed by atoms with Gasteiger partial charge in [0.2, 0.25) is 0 Å². The molecule has 0 aliphatic heterocycles. The molecule has 3 aromatic carbocycles. The number of nitrogens with one attached hydrogen (secondary N) is 1. The largest absolute Gasteiger partial charge is 0.345 e. The number of rotatable bonds is 0. The summed E-state index contributed by atoms with van der Waals surface area (Å²) in [5.41, 5.74) is 3.12. The average molecular weight is 269 g/mol. The number of pyridine rings is 1. The molecule has 1 N–H and O–H groups in total. The third-order valence-electron chi connectivity index (χ3n) is 4.13. The summed E-state index contributed by atoms with van der Waals surface area (Å²) < 4.78 is 0. The Morgan fingerprint density at radius 2 is 1.67 bits per heavy atom. The number of H-pyrrole nitrogens is 1. The molecule has 0 radical (unpaired) electrons. The molecule has 0 aliphatic carbocycles. The van der Waals surface area contributed by atoms with Crippen molar-refractivity contribution in [1.29, 1.82) is 0 Å². The van der Waals surface area contributed by atoms with E-state index in [0.29, 0.717) is 0 Å². The summed E-state index contributed by atoms with van der Waals surface area (Å²) in [4.78, 5) is 12.2. The lowest BCUT2D eigenvalue weighted by Gasteiger charge is -2.07. The molecule has 3 heteroatoms. The molecule has 0 fully saturated rings. The molecule has 0 bridgehead atoms. The van der Waals surface area contributed by atoms with E-state index in [1.54, 1.807) is 6.33 Å². The van der Waals surface area contributed by atoms with Crippen LogP contribution in [0.15, 0.2) is 61.1 Å². The molecule has 0 unspecified atom stereocenters. The van der Waals surface area contributed by atoms with Crippen molar-refractivity contribution in [2.45, 2.75) is 0 Å². The van der Waals surface area contributed by atoms with Crippen molar-refractivity contribution < 1.29 is 0 Å². The Morgan fingerprint density at radius 1 is 0.762 bits per heavy atom. The number of aromatic nitrogens is 3. The number of hydrogen-bond acceptors (Lipinski definition) is 2. The van der Waals surface area contributed by atoms with Gasteiger partial charge in [0.25, 0.3) is 0 Å². The van der Waals surface area contributed by atoms with Crippen molar-refractivity contribution in [1.82, 2.24) is 15.0 Å². The number of aromatic amines is 1. The highest BCUT2D eigenvalue weighted by atomic mass is 14.9. The van der Waals surface area contributed by atoms with Gasteiger partial charge < -0.3 is 4.98 Å². The lowest BCUT2D eigenvalue weighted by molar-refractivity contribution is 1.35. The standard InChI is InChI=1S/C18H11N3/c1-2-4-15-14(3-1)17-11(9-19-15)5-6-13-12(17)7-8-16-18(13)21-10-20-16/h1-10H,(H,20,21). The molecule has 0 saturated carbocycles. The first-order valence-corrected chi connectivity index (χ1v) is 6.94. The van der Waals surface area contributed by atoms with E-state index in [4.69, 9.17) is 0 Å². The number of imidazole rings is 1. The molecule has 0 atom stereocenters. The molecule has 21 heavy (non-hydrogen) atoms. The molecule has 5 rings (SSSR count). The predicted molar refractivity (Wildman–Crippen MR) is 86.4 cm³/mol. The number of hydrogen-bond donors (Lipinski definition) is 1. The summed E-state index contributed by atoms with van der Waals surface area (Å²) in [6.07, 6.45) is 3.70. The van der Waals surface area contributed by atoms with Crippen LogP contribution in [0.2, 0.25) is 0 Å². The maximum absolute atomic E-state index is 4.55. The Hall–Kier alpha value is -2.94. The van der Waals surface area contributed by atoms with Crippen molar-refractivity contribution in [3.8, 4) is 0 Å². The van der Waals surface area contributed by atoms with Gasteiger partial charge in [0.05, 0.1) is 22.9 Å². The predicted octanol–water partition coefficient (Wildman–Crippen LogP) is 4.42. The van der Waals surface area contributed by atoms with Gasteiger partial charge in [-0.3, -0.25) is 4.98 Å². The SMILES string of the molecule is c1ccc2c(c1)ncc1ccc3c(ccc4[nH]cnc43)c12. The van der Waals surface area contributed by atoms with Gasteiger partial charge in [0, 0.05) is 27.7 Å². The van der Waals surface area contributed by atoms with Gasteiger partial charge in [-0.05, 0) is 17.5 Å². The molecule has 98 valence electrons. The van der Waals surface area contributed by atoms with Crippen LogP contribution in [0.25, 0.3) is 43.5 Å². The highest BCUT2D eigenvalue weighted by Gasteiger charge is 2.09. The molecule has 3 nitrogen and oxygen atoms in total. The highest BCUT2D eigenvalue weighted by molar-refractivity contribution is 6.22. The first kappa shape index (κ1) is 10.8. The zero-order valence-corrected chi connectivity index (χ0v) is 11.2. The van der Waals surface area contributed by atoms with Gasteiger partial charge in [-0.1, -0.05) is 36.4 Å². The maximum Gasteiger partial charge on any atom is 0.0961 e. The quantitative estimate of drug-likeness (QED) is 0.423. The van der Waals surface area contributed by atoms with E-state index in [9.17, 15) is 0 Å². The topological polar surface area (TPSA) is 41.6 Å². The third-order valence-corrected chi connectivity index (χ3v) is 4.13. The van der Waals surface area contributed by atoms with Crippen LogP contribution in [0.1, 0.15) is 0 Å². The number of benzene rings is 3. The summed E-state index contributed by atoms with van der Waals surface area (Å²) in [5, 5.41) is 6.01. The molecule has 0 spiro atoms.